The first-order valence-corrected chi connectivity index (χ1v) is 11.3. The number of unbranched alkanes of at least 4 members (excludes halogenated alkanes) is 4. The van der Waals surface area contributed by atoms with Crippen molar-refractivity contribution < 1.29 is 0 Å². The van der Waals surface area contributed by atoms with E-state index in [-0.39, 0.29) is 0 Å². The van der Waals surface area contributed by atoms with Gasteiger partial charge in [0, 0.05) is 22.1 Å². The molecule has 4 heteroatoms. The number of nitrogens with zero attached hydrogens (tertiary/aromatic N) is 2. The lowest BCUT2D eigenvalue weighted by atomic mass is 10.1. The second-order valence-corrected chi connectivity index (χ2v) is 8.36. The van der Waals surface area contributed by atoms with Crippen molar-refractivity contribution >= 4 is 46.4 Å². The minimum atomic E-state index is 0.927. The number of aromatic nitrogens is 4. The largest absolute Gasteiger partial charge is 0.355 e. The van der Waals surface area contributed by atoms with Gasteiger partial charge in [0.1, 0.15) is 0 Å². The maximum absolute atomic E-state index is 4.78. The fourth-order valence-electron chi connectivity index (χ4n) is 4.20. The van der Waals surface area contributed by atoms with E-state index in [0.29, 0.717) is 0 Å². The molecule has 0 aliphatic carbocycles. The van der Waals surface area contributed by atoms with Gasteiger partial charge in [0.25, 0.3) is 0 Å². The van der Waals surface area contributed by atoms with E-state index in [1.165, 1.54) is 37.7 Å². The molecular weight excluding hydrogens is 380 g/mol. The Morgan fingerprint density at radius 2 is 1.26 bits per heavy atom. The summed E-state index contributed by atoms with van der Waals surface area (Å²) in [5.41, 5.74) is 9.53. The average molecular weight is 409 g/mol. The topological polar surface area (TPSA) is 57.4 Å². The number of fused-ring (bicyclic) bond motifs is 8. The predicted molar refractivity (Wildman–Crippen MR) is 131 cm³/mol. The van der Waals surface area contributed by atoms with Gasteiger partial charge in [-0.3, -0.25) is 0 Å². The highest BCUT2D eigenvalue weighted by Crippen LogP contribution is 2.21. The second kappa shape index (κ2) is 8.76. The maximum atomic E-state index is 4.78. The normalized spacial score (nSPS) is 12.5. The first kappa shape index (κ1) is 19.6. The lowest BCUT2D eigenvalue weighted by Crippen LogP contribution is -1.85. The fraction of sp³-hybridized carbons (Fsp3) is 0.259. The van der Waals surface area contributed by atoms with E-state index in [4.69, 9.17) is 4.98 Å². The van der Waals surface area contributed by atoms with E-state index in [9.17, 15) is 0 Å². The Morgan fingerprint density at radius 1 is 0.613 bits per heavy atom. The molecule has 0 radical (unpaired) electrons. The molecule has 0 aromatic carbocycles. The van der Waals surface area contributed by atoms with Gasteiger partial charge in [-0.25, -0.2) is 9.97 Å². The second-order valence-electron chi connectivity index (χ2n) is 8.36. The van der Waals surface area contributed by atoms with E-state index >= 15 is 0 Å². The monoisotopic (exact) mass is 408 g/mol. The Bertz CT molecular complexity index is 1300. The van der Waals surface area contributed by atoms with E-state index in [2.05, 4.69) is 70.4 Å². The molecule has 0 amide bonds. The van der Waals surface area contributed by atoms with E-state index < -0.39 is 0 Å². The Kier molecular flexibility index (Phi) is 5.53. The first-order chi connectivity index (χ1) is 15.2. The molecule has 2 aliphatic heterocycles. The minimum Gasteiger partial charge on any atom is -0.355 e. The Hall–Kier alpha value is -3.40. The van der Waals surface area contributed by atoms with Gasteiger partial charge in [-0.05, 0) is 85.2 Å². The molecule has 2 aliphatic rings. The summed E-state index contributed by atoms with van der Waals surface area (Å²) in [6, 6.07) is 14.9. The summed E-state index contributed by atoms with van der Waals surface area (Å²) in [4.78, 5) is 16.6. The molecule has 0 fully saturated rings. The summed E-state index contributed by atoms with van der Waals surface area (Å²) in [5, 5.41) is 0. The van der Waals surface area contributed by atoms with Crippen molar-refractivity contribution in [2.75, 3.05) is 0 Å². The van der Waals surface area contributed by atoms with Crippen molar-refractivity contribution in [1.82, 2.24) is 19.9 Å². The van der Waals surface area contributed by atoms with Gasteiger partial charge in [-0.2, -0.15) is 0 Å². The van der Waals surface area contributed by atoms with E-state index in [1.54, 1.807) is 0 Å². The van der Waals surface area contributed by atoms with Crippen LogP contribution in [-0.2, 0) is 6.42 Å². The Labute approximate surface area is 182 Å². The third-order valence-electron chi connectivity index (χ3n) is 5.80. The van der Waals surface area contributed by atoms with Crippen molar-refractivity contribution in [3.05, 3.63) is 70.8 Å². The molecule has 5 heterocycles. The third-order valence-corrected chi connectivity index (χ3v) is 5.80. The molecule has 156 valence electrons. The zero-order chi connectivity index (χ0) is 21.0. The number of rotatable bonds is 6. The van der Waals surface area contributed by atoms with Gasteiger partial charge in [0.15, 0.2) is 0 Å². The van der Waals surface area contributed by atoms with Crippen LogP contribution < -0.4 is 0 Å². The van der Waals surface area contributed by atoms with Gasteiger partial charge in [0.05, 0.1) is 22.8 Å². The molecule has 0 saturated carbocycles. The quantitative estimate of drug-likeness (QED) is 0.293. The third kappa shape index (κ3) is 4.69. The lowest BCUT2D eigenvalue weighted by molar-refractivity contribution is 0.633. The Balaban J connectivity index is 1.62. The molecule has 0 saturated heterocycles. The van der Waals surface area contributed by atoms with Crippen LogP contribution in [0, 0.1) is 0 Å². The van der Waals surface area contributed by atoms with E-state index in [0.717, 1.165) is 51.3 Å². The first-order valence-electron chi connectivity index (χ1n) is 11.3. The summed E-state index contributed by atoms with van der Waals surface area (Å²) < 4.78 is 0. The van der Waals surface area contributed by atoms with Crippen molar-refractivity contribution in [3.8, 4) is 0 Å². The zero-order valence-corrected chi connectivity index (χ0v) is 18.0. The highest BCUT2D eigenvalue weighted by Gasteiger charge is 2.05. The lowest BCUT2D eigenvalue weighted by Gasteiger charge is -1.99. The van der Waals surface area contributed by atoms with E-state index in [1.807, 2.05) is 18.2 Å². The average Bonchev–Trinajstić information content (AvgIpc) is 3.53. The van der Waals surface area contributed by atoms with Gasteiger partial charge in [-0.15, -0.1) is 0 Å². The summed E-state index contributed by atoms with van der Waals surface area (Å²) >= 11 is 0. The maximum Gasteiger partial charge on any atom is 0.0659 e. The molecule has 0 spiro atoms. The molecule has 4 nitrogen and oxygen atoms in total. The van der Waals surface area contributed by atoms with Crippen LogP contribution >= 0.6 is 0 Å². The molecule has 3 aromatic rings. The molecule has 0 unspecified atom stereocenters. The molecule has 0 atom stereocenters. The highest BCUT2D eigenvalue weighted by molar-refractivity contribution is 5.78. The van der Waals surface area contributed by atoms with Crippen molar-refractivity contribution in [2.24, 2.45) is 0 Å². The van der Waals surface area contributed by atoms with Crippen LogP contribution in [0.1, 0.15) is 67.4 Å². The van der Waals surface area contributed by atoms with Gasteiger partial charge in [-0.1, -0.05) is 32.6 Å². The molecule has 8 bridgehead atoms. The van der Waals surface area contributed by atoms with Crippen LogP contribution in [0.5, 0.6) is 0 Å². The number of nitrogens with one attached hydrogen (secondary N) is 2. The zero-order valence-electron chi connectivity index (χ0n) is 18.0. The molecule has 2 N–H and O–H groups in total. The molecule has 31 heavy (non-hydrogen) atoms. The molecular formula is C27H28N4. The molecule has 5 rings (SSSR count). The van der Waals surface area contributed by atoms with Crippen LogP contribution in [-0.4, -0.2) is 19.9 Å². The standard InChI is InChI=1S/C27H28N4/c1-2-3-4-5-6-7-19-14-26-17-24-11-10-22(29-24)15-20-8-9-21(28-20)16-23-12-13-25(30-23)18-27(19)31-26/h8-18,29,31H,2-7H2,1H3. The van der Waals surface area contributed by atoms with Gasteiger partial charge >= 0.3 is 0 Å². The van der Waals surface area contributed by atoms with Crippen LogP contribution in [0.2, 0.25) is 0 Å². The highest BCUT2D eigenvalue weighted by atomic mass is 14.8. The van der Waals surface area contributed by atoms with Crippen LogP contribution in [0.25, 0.3) is 46.4 Å². The van der Waals surface area contributed by atoms with Gasteiger partial charge in [0.2, 0.25) is 0 Å². The minimum absolute atomic E-state index is 0.927. The summed E-state index contributed by atoms with van der Waals surface area (Å²) in [6.45, 7) is 2.26. The van der Waals surface area contributed by atoms with Gasteiger partial charge < -0.3 is 9.97 Å². The SMILES string of the molecule is CCCCCCCc1cc2cc3ccc(cc4nc(cc5nc(cc1[nH]2)C=C5)C=C4)[nH]3. The summed E-state index contributed by atoms with van der Waals surface area (Å²) in [7, 11) is 0. The van der Waals surface area contributed by atoms with Crippen LogP contribution in [0.3, 0.4) is 0 Å². The summed E-state index contributed by atoms with van der Waals surface area (Å²) in [6.07, 6.45) is 15.7. The Morgan fingerprint density at radius 3 is 2.00 bits per heavy atom. The van der Waals surface area contributed by atoms with Crippen LogP contribution in [0.4, 0.5) is 0 Å². The number of aromatic amines is 2. The number of H-pyrrole nitrogens is 2. The van der Waals surface area contributed by atoms with Crippen molar-refractivity contribution in [2.45, 2.75) is 45.4 Å². The fourth-order valence-corrected chi connectivity index (χ4v) is 4.20. The summed E-state index contributed by atoms with van der Waals surface area (Å²) in [5.74, 6) is 0. The van der Waals surface area contributed by atoms with Crippen molar-refractivity contribution in [3.63, 3.8) is 0 Å². The predicted octanol–water partition coefficient (Wildman–Crippen LogP) is 7.17. The smallest absolute Gasteiger partial charge is 0.0659 e. The van der Waals surface area contributed by atoms with Crippen LogP contribution in [0.15, 0.2) is 42.5 Å². The molecule has 3 aromatic heterocycles. The van der Waals surface area contributed by atoms with Crippen molar-refractivity contribution in [1.29, 1.82) is 0 Å². The number of hydrogen-bond acceptors (Lipinski definition) is 2. The number of hydrogen-bond donors (Lipinski definition) is 2. The number of aryl methyl sites for hydroxylation is 1.